The number of primary amides is 1. The van der Waals surface area contributed by atoms with E-state index in [1.54, 1.807) is 0 Å². The zero-order valence-corrected chi connectivity index (χ0v) is 16.8. The number of amides is 2. The van der Waals surface area contributed by atoms with Crippen LogP contribution in [0.2, 0.25) is 0 Å². The van der Waals surface area contributed by atoms with E-state index in [1.807, 2.05) is 0 Å². The Bertz CT molecular complexity index is 797. The van der Waals surface area contributed by atoms with Gasteiger partial charge in [-0.1, -0.05) is 12.1 Å². The smallest absolute Gasteiger partial charge is 0.416 e. The summed E-state index contributed by atoms with van der Waals surface area (Å²) in [6, 6.07) is 1.35. The minimum absolute atomic E-state index is 0.00535. The molecule has 0 unspecified atom stereocenters. The van der Waals surface area contributed by atoms with E-state index in [9.17, 15) is 37.5 Å². The topological polar surface area (TPSA) is 145 Å². The van der Waals surface area contributed by atoms with E-state index in [-0.39, 0.29) is 18.8 Å². The molecule has 1 rings (SSSR count). The van der Waals surface area contributed by atoms with Gasteiger partial charge in [-0.05, 0) is 31.5 Å². The quantitative estimate of drug-likeness (QED) is 0.450. The monoisotopic (exact) mass is 448 g/mol. The van der Waals surface area contributed by atoms with Crippen molar-refractivity contribution in [1.29, 1.82) is 0 Å². The number of aliphatic hydroxyl groups excluding tert-OH is 1. The van der Waals surface area contributed by atoms with Crippen molar-refractivity contribution in [3.8, 4) is 0 Å². The highest BCUT2D eigenvalue weighted by molar-refractivity contribution is 5.94. The van der Waals surface area contributed by atoms with Crippen molar-refractivity contribution in [2.75, 3.05) is 13.2 Å². The number of alkyl halides is 3. The number of carbonyl (C=O) groups is 4. The van der Waals surface area contributed by atoms with Crippen molar-refractivity contribution < 1.29 is 46.9 Å². The van der Waals surface area contributed by atoms with Crippen molar-refractivity contribution >= 4 is 23.8 Å². The number of halogens is 3. The summed E-state index contributed by atoms with van der Waals surface area (Å²) in [5.41, 5.74) is 4.06. The number of esters is 2. The SMILES string of the molecule is CCOC(=O)C[C@H](C(=O)OCC)[C@@H](NC(=O)[C@@H](O)c1ccc(C(F)(F)F)cc1)C(N)=O. The first-order valence-electron chi connectivity index (χ1n) is 9.19. The number of carbonyl (C=O) groups excluding carboxylic acids is 4. The van der Waals surface area contributed by atoms with Crippen LogP contribution in [0.15, 0.2) is 24.3 Å². The Morgan fingerprint density at radius 2 is 1.61 bits per heavy atom. The number of nitrogens with two attached hydrogens (primary N) is 1. The average Bonchev–Trinajstić information content (AvgIpc) is 2.69. The van der Waals surface area contributed by atoms with Crippen LogP contribution in [0.3, 0.4) is 0 Å². The van der Waals surface area contributed by atoms with Gasteiger partial charge in [0.1, 0.15) is 6.04 Å². The van der Waals surface area contributed by atoms with E-state index in [0.717, 1.165) is 12.1 Å². The van der Waals surface area contributed by atoms with Crippen molar-refractivity contribution in [3.05, 3.63) is 35.4 Å². The summed E-state index contributed by atoms with van der Waals surface area (Å²) in [4.78, 5) is 48.3. The zero-order chi connectivity index (χ0) is 23.8. The van der Waals surface area contributed by atoms with Gasteiger partial charge in [-0.3, -0.25) is 19.2 Å². The summed E-state index contributed by atoms with van der Waals surface area (Å²) in [5.74, 6) is -5.83. The third-order valence-corrected chi connectivity index (χ3v) is 4.09. The van der Waals surface area contributed by atoms with Crippen molar-refractivity contribution in [2.45, 2.75) is 38.6 Å². The van der Waals surface area contributed by atoms with Crippen LogP contribution in [0.25, 0.3) is 0 Å². The minimum atomic E-state index is -4.61. The molecule has 0 heterocycles. The second-order valence-electron chi connectivity index (χ2n) is 6.28. The maximum absolute atomic E-state index is 12.7. The van der Waals surface area contributed by atoms with E-state index < -0.39 is 60.0 Å². The highest BCUT2D eigenvalue weighted by atomic mass is 19.4. The van der Waals surface area contributed by atoms with Crippen LogP contribution < -0.4 is 11.1 Å². The molecule has 0 aliphatic heterocycles. The first kappa shape index (κ1) is 25.9. The molecule has 2 amide bonds. The van der Waals surface area contributed by atoms with E-state index in [0.29, 0.717) is 12.1 Å². The summed E-state index contributed by atoms with van der Waals surface area (Å²) < 4.78 is 47.5. The van der Waals surface area contributed by atoms with Crippen molar-refractivity contribution in [1.82, 2.24) is 5.32 Å². The molecule has 4 N–H and O–H groups in total. The molecule has 0 saturated carbocycles. The summed E-state index contributed by atoms with van der Waals surface area (Å²) in [5, 5.41) is 12.2. The molecule has 0 bridgehead atoms. The minimum Gasteiger partial charge on any atom is -0.466 e. The fourth-order valence-corrected chi connectivity index (χ4v) is 2.59. The number of ether oxygens (including phenoxy) is 2. The number of rotatable bonds is 10. The normalized spacial score (nSPS) is 14.1. The van der Waals surface area contributed by atoms with Crippen molar-refractivity contribution in [2.24, 2.45) is 11.7 Å². The number of aliphatic hydroxyl groups is 1. The predicted octanol–water partition coefficient (Wildman–Crippen LogP) is 0.841. The lowest BCUT2D eigenvalue weighted by Crippen LogP contribution is -2.53. The molecule has 0 saturated heterocycles. The highest BCUT2D eigenvalue weighted by Gasteiger charge is 2.38. The summed E-state index contributed by atoms with van der Waals surface area (Å²) in [6.45, 7) is 2.90. The summed E-state index contributed by atoms with van der Waals surface area (Å²) in [6.07, 6.45) is -7.23. The van der Waals surface area contributed by atoms with Crippen LogP contribution in [0, 0.1) is 5.92 Å². The maximum atomic E-state index is 12.7. The molecular formula is C19H23F3N2O7. The number of hydrogen-bond donors (Lipinski definition) is 3. The van der Waals surface area contributed by atoms with Gasteiger partial charge < -0.3 is 25.6 Å². The Balaban J connectivity index is 3.06. The average molecular weight is 448 g/mol. The molecule has 0 fully saturated rings. The molecule has 1 aromatic rings. The van der Waals surface area contributed by atoms with E-state index in [4.69, 9.17) is 15.2 Å². The Morgan fingerprint density at radius 1 is 1.06 bits per heavy atom. The standard InChI is InChI=1S/C19H23F3N2O7/c1-3-30-13(25)9-12(18(29)31-4-2)14(16(23)27)24-17(28)15(26)10-5-7-11(8-6-10)19(20,21)22/h5-8,12,14-15,26H,3-4,9H2,1-2H3,(H2,23,27)(H,24,28)/t12-,14+,15-/m0/s1. The van der Waals surface area contributed by atoms with Crippen LogP contribution >= 0.6 is 0 Å². The summed E-state index contributed by atoms with van der Waals surface area (Å²) in [7, 11) is 0. The second-order valence-corrected chi connectivity index (χ2v) is 6.28. The molecular weight excluding hydrogens is 425 g/mol. The number of nitrogens with one attached hydrogen (secondary N) is 1. The van der Waals surface area contributed by atoms with Crippen molar-refractivity contribution in [3.63, 3.8) is 0 Å². The Hall–Kier alpha value is -3.15. The maximum Gasteiger partial charge on any atom is 0.416 e. The molecule has 31 heavy (non-hydrogen) atoms. The molecule has 0 aliphatic rings. The number of hydrogen-bond acceptors (Lipinski definition) is 7. The molecule has 0 aliphatic carbocycles. The predicted molar refractivity (Wildman–Crippen MR) is 98.9 cm³/mol. The molecule has 172 valence electrons. The first-order valence-corrected chi connectivity index (χ1v) is 9.19. The Labute approximate surface area is 175 Å². The number of benzene rings is 1. The van der Waals surface area contributed by atoms with Gasteiger partial charge in [0.05, 0.1) is 31.1 Å². The Kier molecular flexibility index (Phi) is 9.43. The van der Waals surface area contributed by atoms with Gasteiger partial charge in [-0.15, -0.1) is 0 Å². The molecule has 0 aromatic heterocycles. The first-order chi connectivity index (χ1) is 14.4. The fourth-order valence-electron chi connectivity index (χ4n) is 2.59. The van der Waals surface area contributed by atoms with Gasteiger partial charge in [0.25, 0.3) is 5.91 Å². The van der Waals surface area contributed by atoms with Gasteiger partial charge >= 0.3 is 18.1 Å². The molecule has 1 aromatic carbocycles. The summed E-state index contributed by atoms with van der Waals surface area (Å²) >= 11 is 0. The van der Waals surface area contributed by atoms with Gasteiger partial charge in [0.2, 0.25) is 5.91 Å². The van der Waals surface area contributed by atoms with Crippen LogP contribution in [0.1, 0.15) is 37.5 Å². The molecule has 0 radical (unpaired) electrons. The molecule has 9 nitrogen and oxygen atoms in total. The molecule has 0 spiro atoms. The second kappa shape index (κ2) is 11.3. The van der Waals surface area contributed by atoms with Crippen LogP contribution in [0.5, 0.6) is 0 Å². The molecule has 12 heteroatoms. The van der Waals surface area contributed by atoms with Crippen LogP contribution in [0.4, 0.5) is 13.2 Å². The van der Waals surface area contributed by atoms with Gasteiger partial charge in [-0.2, -0.15) is 13.2 Å². The molecule has 3 atom stereocenters. The van der Waals surface area contributed by atoms with Gasteiger partial charge in [0.15, 0.2) is 6.10 Å². The fraction of sp³-hybridized carbons (Fsp3) is 0.474. The highest BCUT2D eigenvalue weighted by Crippen LogP contribution is 2.30. The van der Waals surface area contributed by atoms with E-state index in [2.05, 4.69) is 5.32 Å². The van der Waals surface area contributed by atoms with E-state index >= 15 is 0 Å². The third-order valence-electron chi connectivity index (χ3n) is 4.09. The van der Waals surface area contributed by atoms with Gasteiger partial charge in [-0.25, -0.2) is 0 Å². The lowest BCUT2D eigenvalue weighted by Gasteiger charge is -2.24. The lowest BCUT2D eigenvalue weighted by molar-refractivity contribution is -0.157. The largest absolute Gasteiger partial charge is 0.466 e. The van der Waals surface area contributed by atoms with Crippen LogP contribution in [-0.2, 0) is 34.8 Å². The Morgan fingerprint density at radius 3 is 2.06 bits per heavy atom. The van der Waals surface area contributed by atoms with Gasteiger partial charge in [0, 0.05) is 0 Å². The van der Waals surface area contributed by atoms with Crippen LogP contribution in [-0.4, -0.2) is 48.1 Å². The third kappa shape index (κ3) is 7.55. The lowest BCUT2D eigenvalue weighted by atomic mass is 9.94. The van der Waals surface area contributed by atoms with E-state index in [1.165, 1.54) is 13.8 Å². The zero-order valence-electron chi connectivity index (χ0n) is 16.8.